The van der Waals surface area contributed by atoms with Gasteiger partial charge in [0.1, 0.15) is 11.2 Å². The van der Waals surface area contributed by atoms with Gasteiger partial charge in [-0.25, -0.2) is 9.78 Å². The van der Waals surface area contributed by atoms with Gasteiger partial charge in [-0.15, -0.1) is 0 Å². The van der Waals surface area contributed by atoms with Gasteiger partial charge >= 0.3 is 12.1 Å². The van der Waals surface area contributed by atoms with Gasteiger partial charge in [0.25, 0.3) is 0 Å². The lowest BCUT2D eigenvalue weighted by Crippen LogP contribution is -2.32. The summed E-state index contributed by atoms with van der Waals surface area (Å²) in [5.74, 6) is -1.10. The number of carboxylic acids is 1. The quantitative estimate of drug-likeness (QED) is 0.504. The van der Waals surface area contributed by atoms with Gasteiger partial charge in [0.2, 0.25) is 0 Å². The zero-order valence-electron chi connectivity index (χ0n) is 15.9. The number of fused-ring (bicyclic) bond motifs is 3. The molecule has 1 heterocycles. The highest BCUT2D eigenvalue weighted by Crippen LogP contribution is 2.44. The Labute approximate surface area is 182 Å². The van der Waals surface area contributed by atoms with Crippen molar-refractivity contribution >= 4 is 28.0 Å². The Hall–Kier alpha value is -3.19. The molecule has 7 heteroatoms. The first-order chi connectivity index (χ1) is 14.5. The van der Waals surface area contributed by atoms with E-state index in [-0.39, 0.29) is 18.9 Å². The van der Waals surface area contributed by atoms with Gasteiger partial charge in [-0.1, -0.05) is 54.6 Å². The van der Waals surface area contributed by atoms with E-state index < -0.39 is 18.1 Å². The van der Waals surface area contributed by atoms with Crippen LogP contribution in [0.1, 0.15) is 35.1 Å². The second kappa shape index (κ2) is 8.67. The number of aromatic nitrogens is 1. The topological polar surface area (TPSA) is 88.5 Å². The summed E-state index contributed by atoms with van der Waals surface area (Å²) in [5, 5.41) is 11.9. The van der Waals surface area contributed by atoms with E-state index in [1.54, 1.807) is 18.3 Å². The summed E-state index contributed by atoms with van der Waals surface area (Å²) < 4.78 is 6.02. The van der Waals surface area contributed by atoms with E-state index in [2.05, 4.69) is 38.4 Å². The number of hydrogen-bond acceptors (Lipinski definition) is 4. The fourth-order valence-electron chi connectivity index (χ4n) is 3.85. The number of hydrogen-bond donors (Lipinski definition) is 2. The lowest BCUT2D eigenvalue weighted by atomic mass is 9.98. The summed E-state index contributed by atoms with van der Waals surface area (Å²) in [4.78, 5) is 27.9. The SMILES string of the molecule is O=C(O)C[C@@H](NC(=O)OCC1c2ccccc2-c2ccccc21)c1cccnc1Br. The second-order valence-electron chi connectivity index (χ2n) is 7.00. The standard InChI is InChI=1S/C23H19BrN2O4/c24-22-18(10-5-11-25-22)20(12-21(27)28)26-23(29)30-13-19-16-8-3-1-6-14(16)15-7-2-4-9-17(15)19/h1-11,19-20H,12-13H2,(H,26,29)(H,27,28)/t20-/m1/s1. The van der Waals surface area contributed by atoms with Crippen LogP contribution in [0.4, 0.5) is 4.79 Å². The fourth-order valence-corrected chi connectivity index (χ4v) is 4.38. The predicted molar refractivity (Wildman–Crippen MR) is 115 cm³/mol. The number of halogens is 1. The van der Waals surface area contributed by atoms with Crippen LogP contribution in [-0.4, -0.2) is 28.8 Å². The molecule has 0 saturated heterocycles. The highest BCUT2D eigenvalue weighted by Gasteiger charge is 2.29. The predicted octanol–water partition coefficient (Wildman–Crippen LogP) is 4.90. The van der Waals surface area contributed by atoms with Crippen LogP contribution in [0.2, 0.25) is 0 Å². The van der Waals surface area contributed by atoms with Gasteiger partial charge in [0, 0.05) is 17.7 Å². The maximum atomic E-state index is 12.5. The summed E-state index contributed by atoms with van der Waals surface area (Å²) in [6.45, 7) is 0.161. The number of amides is 1. The molecule has 0 saturated carbocycles. The van der Waals surface area contributed by atoms with Gasteiger partial charge < -0.3 is 15.2 Å². The molecule has 2 N–H and O–H groups in total. The first kappa shape index (κ1) is 20.1. The third-order valence-corrected chi connectivity index (χ3v) is 5.84. The van der Waals surface area contributed by atoms with Crippen LogP contribution in [0.15, 0.2) is 71.5 Å². The van der Waals surface area contributed by atoms with Crippen LogP contribution < -0.4 is 5.32 Å². The normalized spacial score (nSPS) is 13.2. The van der Waals surface area contributed by atoms with Crippen molar-refractivity contribution in [2.45, 2.75) is 18.4 Å². The molecule has 152 valence electrons. The number of alkyl carbamates (subject to hydrolysis) is 1. The third kappa shape index (κ3) is 4.07. The molecular weight excluding hydrogens is 448 g/mol. The maximum Gasteiger partial charge on any atom is 0.407 e. The maximum absolute atomic E-state index is 12.5. The Balaban J connectivity index is 1.49. The van der Waals surface area contributed by atoms with Crippen molar-refractivity contribution in [1.29, 1.82) is 0 Å². The molecule has 0 unspecified atom stereocenters. The summed E-state index contributed by atoms with van der Waals surface area (Å²) >= 11 is 3.31. The largest absolute Gasteiger partial charge is 0.481 e. The zero-order valence-corrected chi connectivity index (χ0v) is 17.5. The minimum atomic E-state index is -1.03. The van der Waals surface area contributed by atoms with Crippen LogP contribution in [-0.2, 0) is 9.53 Å². The Morgan fingerprint density at radius 2 is 1.67 bits per heavy atom. The highest BCUT2D eigenvalue weighted by molar-refractivity contribution is 9.10. The molecule has 1 aliphatic carbocycles. The van der Waals surface area contributed by atoms with Gasteiger partial charge in [-0.2, -0.15) is 0 Å². The molecule has 0 bridgehead atoms. The summed E-state index contributed by atoms with van der Waals surface area (Å²) in [6.07, 6.45) is 0.631. The van der Waals surface area contributed by atoms with Crippen LogP contribution in [0.25, 0.3) is 11.1 Å². The summed E-state index contributed by atoms with van der Waals surface area (Å²) in [5.41, 5.74) is 5.09. The number of ether oxygens (including phenoxy) is 1. The van der Waals surface area contributed by atoms with Gasteiger partial charge in [-0.3, -0.25) is 4.79 Å². The average molecular weight is 467 g/mol. The van der Waals surface area contributed by atoms with Crippen molar-refractivity contribution in [1.82, 2.24) is 10.3 Å². The van der Waals surface area contributed by atoms with Gasteiger partial charge in [0.05, 0.1) is 12.5 Å². The van der Waals surface area contributed by atoms with Gasteiger partial charge in [0.15, 0.2) is 0 Å². The number of aliphatic carboxylic acids is 1. The lowest BCUT2D eigenvalue weighted by molar-refractivity contribution is -0.137. The highest BCUT2D eigenvalue weighted by atomic mass is 79.9. The van der Waals surface area contributed by atoms with E-state index >= 15 is 0 Å². The molecule has 1 aromatic heterocycles. The Morgan fingerprint density at radius 3 is 2.27 bits per heavy atom. The molecule has 2 aromatic carbocycles. The zero-order chi connectivity index (χ0) is 21.1. The molecule has 1 aliphatic rings. The number of rotatable bonds is 6. The number of nitrogens with one attached hydrogen (secondary N) is 1. The molecule has 0 spiro atoms. The lowest BCUT2D eigenvalue weighted by Gasteiger charge is -2.19. The Bertz CT molecular complexity index is 1060. The van der Waals surface area contributed by atoms with E-state index in [4.69, 9.17) is 4.74 Å². The molecule has 0 radical (unpaired) electrons. The van der Waals surface area contributed by atoms with Crippen LogP contribution in [0.5, 0.6) is 0 Å². The first-order valence-corrected chi connectivity index (χ1v) is 10.3. The van der Waals surface area contributed by atoms with E-state index in [1.165, 1.54) is 0 Å². The Morgan fingerprint density at radius 1 is 1.03 bits per heavy atom. The minimum absolute atomic E-state index is 0.0637. The molecule has 30 heavy (non-hydrogen) atoms. The van der Waals surface area contributed by atoms with E-state index in [0.717, 1.165) is 22.3 Å². The smallest absolute Gasteiger partial charge is 0.407 e. The van der Waals surface area contributed by atoms with Crippen molar-refractivity contribution in [3.05, 3.63) is 88.2 Å². The Kier molecular flexibility index (Phi) is 5.81. The molecule has 4 rings (SSSR count). The van der Waals surface area contributed by atoms with E-state index in [1.807, 2.05) is 36.4 Å². The monoisotopic (exact) mass is 466 g/mol. The second-order valence-corrected chi connectivity index (χ2v) is 7.75. The molecular formula is C23H19BrN2O4. The number of benzene rings is 2. The van der Waals surface area contributed by atoms with Crippen LogP contribution >= 0.6 is 15.9 Å². The molecule has 1 amide bonds. The van der Waals surface area contributed by atoms with E-state index in [0.29, 0.717) is 10.2 Å². The first-order valence-electron chi connectivity index (χ1n) is 9.48. The molecule has 0 aliphatic heterocycles. The number of nitrogens with zero attached hydrogens (tertiary/aromatic N) is 1. The van der Waals surface area contributed by atoms with E-state index in [9.17, 15) is 14.7 Å². The average Bonchev–Trinajstić information content (AvgIpc) is 3.06. The van der Waals surface area contributed by atoms with Crippen molar-refractivity contribution in [2.24, 2.45) is 0 Å². The molecule has 6 nitrogen and oxygen atoms in total. The number of carbonyl (C=O) groups excluding carboxylic acids is 1. The minimum Gasteiger partial charge on any atom is -0.481 e. The third-order valence-electron chi connectivity index (χ3n) is 5.18. The van der Waals surface area contributed by atoms with Crippen molar-refractivity contribution in [2.75, 3.05) is 6.61 Å². The van der Waals surface area contributed by atoms with Gasteiger partial charge in [-0.05, 0) is 44.3 Å². The van der Waals surface area contributed by atoms with Crippen molar-refractivity contribution < 1.29 is 19.4 Å². The molecule has 3 aromatic rings. The van der Waals surface area contributed by atoms with Crippen molar-refractivity contribution in [3.63, 3.8) is 0 Å². The molecule has 1 atom stereocenters. The number of pyridine rings is 1. The van der Waals surface area contributed by atoms with Crippen LogP contribution in [0, 0.1) is 0 Å². The van der Waals surface area contributed by atoms with Crippen LogP contribution in [0.3, 0.4) is 0 Å². The summed E-state index contributed by atoms with van der Waals surface area (Å²) in [6, 6.07) is 18.8. The number of carbonyl (C=O) groups is 2. The molecule has 0 fully saturated rings. The van der Waals surface area contributed by atoms with Crippen molar-refractivity contribution in [3.8, 4) is 11.1 Å². The number of carboxylic acid groups (broad SMARTS) is 1. The summed E-state index contributed by atoms with van der Waals surface area (Å²) in [7, 11) is 0. The fraction of sp³-hybridized carbons (Fsp3) is 0.174.